The number of aromatic amines is 1. The second kappa shape index (κ2) is 2.82. The van der Waals surface area contributed by atoms with Gasteiger partial charge < -0.3 is 4.98 Å². The molecule has 0 atom stereocenters. The molecule has 0 aliphatic rings. The van der Waals surface area contributed by atoms with Crippen molar-refractivity contribution in [1.29, 1.82) is 0 Å². The minimum atomic E-state index is -2.61. The number of nitrogens with one attached hydrogen (secondary N) is 1. The number of H-pyrrole nitrogens is 1. The highest BCUT2D eigenvalue weighted by molar-refractivity contribution is 5.18. The molecule has 1 N–H and O–H groups in total. The zero-order chi connectivity index (χ0) is 8.43. The predicted octanol–water partition coefficient (Wildman–Crippen LogP) is 1.62. The van der Waals surface area contributed by atoms with Gasteiger partial charge in [0.05, 0.1) is 5.69 Å². The third-order valence-electron chi connectivity index (χ3n) is 1.39. The minimum Gasteiger partial charge on any atom is -0.321 e. The van der Waals surface area contributed by atoms with E-state index in [9.17, 15) is 13.6 Å². The number of pyridine rings is 1. The summed E-state index contributed by atoms with van der Waals surface area (Å²) in [6.45, 7) is 1.53. The van der Waals surface area contributed by atoms with Gasteiger partial charge >= 0.3 is 0 Å². The van der Waals surface area contributed by atoms with E-state index < -0.39 is 12.0 Å². The molecule has 0 unspecified atom stereocenters. The van der Waals surface area contributed by atoms with E-state index in [1.54, 1.807) is 0 Å². The van der Waals surface area contributed by atoms with Crippen LogP contribution in [0, 0.1) is 6.92 Å². The Morgan fingerprint density at radius 3 is 2.55 bits per heavy atom. The second-order valence-electron chi connectivity index (χ2n) is 2.22. The Hall–Kier alpha value is -1.19. The lowest BCUT2D eigenvalue weighted by Crippen LogP contribution is -2.08. The summed E-state index contributed by atoms with van der Waals surface area (Å²) >= 11 is 0. The molecular weight excluding hydrogens is 152 g/mol. The van der Waals surface area contributed by atoms with Gasteiger partial charge in [0.2, 0.25) is 5.56 Å². The Morgan fingerprint density at radius 1 is 1.45 bits per heavy atom. The molecule has 1 rings (SSSR count). The van der Waals surface area contributed by atoms with Crippen LogP contribution >= 0.6 is 0 Å². The second-order valence-corrected chi connectivity index (χ2v) is 2.22. The summed E-state index contributed by atoms with van der Waals surface area (Å²) in [6.07, 6.45) is -2.61. The molecular formula is C7H7F2NO. The van der Waals surface area contributed by atoms with Crippen molar-refractivity contribution in [1.82, 2.24) is 4.98 Å². The first-order valence-electron chi connectivity index (χ1n) is 3.09. The lowest BCUT2D eigenvalue weighted by molar-refractivity contribution is 0.145. The Kier molecular flexibility index (Phi) is 2.03. The van der Waals surface area contributed by atoms with E-state index in [0.29, 0.717) is 5.56 Å². The van der Waals surface area contributed by atoms with Gasteiger partial charge in [-0.2, -0.15) is 0 Å². The molecule has 1 heterocycles. The van der Waals surface area contributed by atoms with Gasteiger partial charge in [-0.3, -0.25) is 4.79 Å². The van der Waals surface area contributed by atoms with Crippen LogP contribution < -0.4 is 5.56 Å². The first-order valence-corrected chi connectivity index (χ1v) is 3.09. The highest BCUT2D eigenvalue weighted by Gasteiger charge is 2.10. The highest BCUT2D eigenvalue weighted by Crippen LogP contribution is 2.17. The van der Waals surface area contributed by atoms with Crippen LogP contribution in [0.1, 0.15) is 17.7 Å². The molecule has 0 aromatic carbocycles. The maximum Gasteiger partial charge on any atom is 0.278 e. The lowest BCUT2D eigenvalue weighted by Gasteiger charge is -2.01. The third kappa shape index (κ3) is 1.63. The van der Waals surface area contributed by atoms with E-state index in [4.69, 9.17) is 0 Å². The summed E-state index contributed by atoms with van der Waals surface area (Å²) in [4.78, 5) is 12.6. The topological polar surface area (TPSA) is 32.9 Å². The fourth-order valence-electron chi connectivity index (χ4n) is 0.790. The quantitative estimate of drug-likeness (QED) is 0.663. The molecule has 0 aliphatic carbocycles. The van der Waals surface area contributed by atoms with Gasteiger partial charge in [0.15, 0.2) is 0 Å². The van der Waals surface area contributed by atoms with Gasteiger partial charge in [0, 0.05) is 6.07 Å². The molecule has 0 spiro atoms. The molecule has 0 fully saturated rings. The Morgan fingerprint density at radius 2 is 2.09 bits per heavy atom. The minimum absolute atomic E-state index is 0.294. The monoisotopic (exact) mass is 159 g/mol. The lowest BCUT2D eigenvalue weighted by atomic mass is 10.2. The maximum atomic E-state index is 12.0. The number of halogens is 2. The van der Waals surface area contributed by atoms with Crippen LogP contribution in [0.4, 0.5) is 8.78 Å². The van der Waals surface area contributed by atoms with Crippen LogP contribution in [0.15, 0.2) is 16.9 Å². The van der Waals surface area contributed by atoms with Crippen molar-refractivity contribution in [3.05, 3.63) is 33.7 Å². The summed E-state index contributed by atoms with van der Waals surface area (Å²) in [7, 11) is 0. The molecule has 0 amide bonds. The van der Waals surface area contributed by atoms with E-state index in [1.165, 1.54) is 19.1 Å². The first kappa shape index (κ1) is 7.91. The normalized spacial score (nSPS) is 10.5. The molecule has 0 saturated carbocycles. The van der Waals surface area contributed by atoms with Gasteiger partial charge in [-0.15, -0.1) is 0 Å². The number of rotatable bonds is 1. The van der Waals surface area contributed by atoms with Crippen molar-refractivity contribution in [2.24, 2.45) is 0 Å². The zero-order valence-electron chi connectivity index (χ0n) is 5.90. The fourth-order valence-corrected chi connectivity index (χ4v) is 0.790. The number of hydrogen-bond donors (Lipinski definition) is 1. The van der Waals surface area contributed by atoms with E-state index in [-0.39, 0.29) is 5.69 Å². The van der Waals surface area contributed by atoms with Crippen molar-refractivity contribution >= 4 is 0 Å². The van der Waals surface area contributed by atoms with Crippen molar-refractivity contribution in [3.63, 3.8) is 0 Å². The summed E-state index contributed by atoms with van der Waals surface area (Å²) in [6, 6.07) is 2.60. The summed E-state index contributed by atoms with van der Waals surface area (Å²) in [5.41, 5.74) is -0.386. The summed E-state index contributed by atoms with van der Waals surface area (Å²) in [5, 5.41) is 0. The molecule has 0 aliphatic heterocycles. The Labute approximate surface area is 61.9 Å². The largest absolute Gasteiger partial charge is 0.321 e. The standard InChI is InChI=1S/C7H7F2NO/c1-4-2-3-5(11)10-6(4)7(8)9/h2-3,7H,1H3,(H,10,11). The Bertz CT molecular complexity index is 306. The average Bonchev–Trinajstić information content (AvgIpc) is 1.94. The van der Waals surface area contributed by atoms with Crippen molar-refractivity contribution in [2.45, 2.75) is 13.3 Å². The molecule has 4 heteroatoms. The molecule has 1 aromatic rings. The summed E-state index contributed by atoms with van der Waals surface area (Å²) in [5.74, 6) is 0. The Balaban J connectivity index is 3.23. The van der Waals surface area contributed by atoms with E-state index in [1.807, 2.05) is 0 Å². The number of aromatic nitrogens is 1. The van der Waals surface area contributed by atoms with Crippen LogP contribution in [0.3, 0.4) is 0 Å². The number of aryl methyl sites for hydroxylation is 1. The maximum absolute atomic E-state index is 12.0. The van der Waals surface area contributed by atoms with Crippen molar-refractivity contribution < 1.29 is 8.78 Å². The predicted molar refractivity (Wildman–Crippen MR) is 36.8 cm³/mol. The molecule has 11 heavy (non-hydrogen) atoms. The van der Waals surface area contributed by atoms with Gasteiger partial charge in [-0.05, 0) is 12.5 Å². The van der Waals surface area contributed by atoms with Crippen LogP contribution in [0.2, 0.25) is 0 Å². The summed E-state index contributed by atoms with van der Waals surface area (Å²) < 4.78 is 24.1. The van der Waals surface area contributed by atoms with Crippen LogP contribution in [0.25, 0.3) is 0 Å². The third-order valence-corrected chi connectivity index (χ3v) is 1.39. The molecule has 0 radical (unpaired) electrons. The van der Waals surface area contributed by atoms with Crippen LogP contribution in [-0.2, 0) is 0 Å². The SMILES string of the molecule is Cc1ccc(=O)[nH]c1C(F)F. The number of hydrogen-bond acceptors (Lipinski definition) is 1. The van der Waals surface area contributed by atoms with Crippen molar-refractivity contribution in [2.75, 3.05) is 0 Å². The van der Waals surface area contributed by atoms with E-state index >= 15 is 0 Å². The zero-order valence-corrected chi connectivity index (χ0v) is 5.90. The van der Waals surface area contributed by atoms with E-state index in [0.717, 1.165) is 0 Å². The molecule has 1 aromatic heterocycles. The van der Waals surface area contributed by atoms with Gasteiger partial charge in [-0.25, -0.2) is 8.78 Å². The highest BCUT2D eigenvalue weighted by atomic mass is 19.3. The van der Waals surface area contributed by atoms with Crippen LogP contribution in [0.5, 0.6) is 0 Å². The fraction of sp³-hybridized carbons (Fsp3) is 0.286. The molecule has 0 saturated heterocycles. The molecule has 60 valence electrons. The van der Waals surface area contributed by atoms with E-state index in [2.05, 4.69) is 4.98 Å². The first-order chi connectivity index (χ1) is 5.11. The van der Waals surface area contributed by atoms with Gasteiger partial charge in [0.1, 0.15) is 0 Å². The van der Waals surface area contributed by atoms with Crippen LogP contribution in [-0.4, -0.2) is 4.98 Å². The smallest absolute Gasteiger partial charge is 0.278 e. The molecule has 2 nitrogen and oxygen atoms in total. The average molecular weight is 159 g/mol. The number of alkyl halides is 2. The van der Waals surface area contributed by atoms with Gasteiger partial charge in [-0.1, -0.05) is 6.07 Å². The van der Waals surface area contributed by atoms with Crippen molar-refractivity contribution in [3.8, 4) is 0 Å². The van der Waals surface area contributed by atoms with Gasteiger partial charge in [0.25, 0.3) is 6.43 Å². The molecule has 0 bridgehead atoms.